The Morgan fingerprint density at radius 3 is 2.60 bits per heavy atom. The van der Waals surface area contributed by atoms with E-state index in [4.69, 9.17) is 9.68 Å². The van der Waals surface area contributed by atoms with Crippen LogP contribution in [-0.2, 0) is 9.68 Å². The van der Waals surface area contributed by atoms with E-state index in [1.54, 1.807) is 0 Å². The van der Waals surface area contributed by atoms with Gasteiger partial charge >= 0.3 is 0 Å². The van der Waals surface area contributed by atoms with Gasteiger partial charge in [-0.3, -0.25) is 4.84 Å². The maximum atomic E-state index is 11.6. The van der Waals surface area contributed by atoms with Gasteiger partial charge in [-0.15, -0.1) is 15.0 Å². The predicted molar refractivity (Wildman–Crippen MR) is 132 cm³/mol. The molecule has 0 heterocycles. The Balaban J connectivity index is 1.63. The molecular weight excluding hydrogens is 448 g/mol. The fourth-order valence-corrected chi connectivity index (χ4v) is 9.22. The van der Waals surface area contributed by atoms with E-state index >= 15 is 0 Å². The van der Waals surface area contributed by atoms with Crippen molar-refractivity contribution in [3.63, 3.8) is 0 Å². The molecule has 4 rings (SSSR count). The third kappa shape index (κ3) is 4.27. The third-order valence-corrected chi connectivity index (χ3v) is 10.8. The molecule has 0 aliphatic heterocycles. The van der Waals surface area contributed by atoms with Crippen LogP contribution in [0.4, 0.5) is 0 Å². The van der Waals surface area contributed by atoms with Crippen molar-refractivity contribution in [2.75, 3.05) is 0 Å². The number of fused-ring (bicyclic) bond motifs is 5. The minimum Gasteiger partial charge on any atom is -0.393 e. The van der Waals surface area contributed by atoms with Crippen molar-refractivity contribution in [2.24, 2.45) is 51.7 Å². The SMILES string of the molecule is CC(C)CCC[C@@H](C)[C@H]1CC[C@H]2[C@@H]3CC=C4C[C@H](O)CC(ON=O)(O[N+](=O)[O-])[C@]4(C)[C@H]3CC[C@]12C. The Labute approximate surface area is 209 Å². The molecule has 0 aromatic carbocycles. The summed E-state index contributed by atoms with van der Waals surface area (Å²) >= 11 is 0. The number of allylic oxidation sites excluding steroid dienone is 1. The smallest absolute Gasteiger partial charge is 0.298 e. The molecule has 0 bridgehead atoms. The second-order valence-corrected chi connectivity index (χ2v) is 12.9. The molecule has 0 spiro atoms. The summed E-state index contributed by atoms with van der Waals surface area (Å²) in [5.74, 6) is 1.17. The topological polar surface area (TPSA) is 111 Å². The molecule has 4 aliphatic rings. The molecule has 0 saturated heterocycles. The number of hydrogen-bond donors (Lipinski definition) is 1. The van der Waals surface area contributed by atoms with Gasteiger partial charge in [-0.25, -0.2) is 0 Å². The summed E-state index contributed by atoms with van der Waals surface area (Å²) < 4.78 is 0. The van der Waals surface area contributed by atoms with E-state index in [1.807, 2.05) is 6.92 Å². The van der Waals surface area contributed by atoms with Gasteiger partial charge in [-0.1, -0.05) is 58.6 Å². The van der Waals surface area contributed by atoms with Crippen molar-refractivity contribution in [3.05, 3.63) is 26.7 Å². The van der Waals surface area contributed by atoms with Crippen molar-refractivity contribution in [1.29, 1.82) is 0 Å². The molecule has 3 fully saturated rings. The quantitative estimate of drug-likeness (QED) is 0.128. The average molecular weight is 493 g/mol. The molecule has 1 N–H and O–H groups in total. The van der Waals surface area contributed by atoms with E-state index in [9.17, 15) is 20.1 Å². The maximum Gasteiger partial charge on any atom is 0.298 e. The van der Waals surface area contributed by atoms with Gasteiger partial charge in [0.25, 0.3) is 10.9 Å². The van der Waals surface area contributed by atoms with E-state index in [-0.39, 0.29) is 17.8 Å². The summed E-state index contributed by atoms with van der Waals surface area (Å²) in [5, 5.41) is 23.9. The summed E-state index contributed by atoms with van der Waals surface area (Å²) in [7, 11) is 0. The lowest BCUT2D eigenvalue weighted by atomic mass is 9.45. The van der Waals surface area contributed by atoms with E-state index in [1.165, 1.54) is 32.1 Å². The van der Waals surface area contributed by atoms with E-state index in [2.05, 4.69) is 39.1 Å². The fourth-order valence-electron chi connectivity index (χ4n) is 9.22. The second-order valence-electron chi connectivity index (χ2n) is 12.9. The molecule has 0 amide bonds. The average Bonchev–Trinajstić information content (AvgIpc) is 3.11. The van der Waals surface area contributed by atoms with Crippen LogP contribution in [-0.4, -0.2) is 22.1 Å². The highest BCUT2D eigenvalue weighted by molar-refractivity contribution is 5.29. The Hall–Kier alpha value is -1.70. The lowest BCUT2D eigenvalue weighted by molar-refractivity contribution is -0.805. The molecule has 8 nitrogen and oxygen atoms in total. The van der Waals surface area contributed by atoms with Gasteiger partial charge in [0, 0.05) is 6.42 Å². The third-order valence-electron chi connectivity index (χ3n) is 10.8. The number of hydrogen-bond acceptors (Lipinski definition) is 7. The first-order valence-electron chi connectivity index (χ1n) is 13.7. The van der Waals surface area contributed by atoms with Crippen molar-refractivity contribution < 1.29 is 19.9 Å². The number of nitrogens with zero attached hydrogens (tertiary/aromatic N) is 2. The van der Waals surface area contributed by atoms with Crippen LogP contribution in [0, 0.1) is 61.4 Å². The molecule has 9 atom stereocenters. The highest BCUT2D eigenvalue weighted by Gasteiger charge is 2.69. The van der Waals surface area contributed by atoms with Gasteiger partial charge in [0.15, 0.2) is 5.34 Å². The van der Waals surface area contributed by atoms with Crippen LogP contribution in [0.1, 0.15) is 98.8 Å². The normalized spacial score (nSPS) is 43.4. The number of aliphatic hydroxyl groups excluding tert-OH is 1. The zero-order valence-electron chi connectivity index (χ0n) is 22.1. The van der Waals surface area contributed by atoms with Crippen LogP contribution in [0.3, 0.4) is 0 Å². The number of aliphatic hydroxyl groups is 1. The Morgan fingerprint density at radius 1 is 1.20 bits per heavy atom. The lowest BCUT2D eigenvalue weighted by Crippen LogP contribution is -2.64. The van der Waals surface area contributed by atoms with Gasteiger partial charge in [0.05, 0.1) is 11.5 Å². The van der Waals surface area contributed by atoms with Crippen LogP contribution in [0.15, 0.2) is 17.0 Å². The fraction of sp³-hybridized carbons (Fsp3) is 0.926. The van der Waals surface area contributed by atoms with Crippen molar-refractivity contribution in [3.8, 4) is 0 Å². The Bertz CT molecular complexity index is 848. The van der Waals surface area contributed by atoms with Crippen LogP contribution in [0.25, 0.3) is 0 Å². The zero-order valence-corrected chi connectivity index (χ0v) is 22.1. The molecule has 4 aliphatic carbocycles. The Morgan fingerprint density at radius 2 is 1.94 bits per heavy atom. The van der Waals surface area contributed by atoms with Crippen molar-refractivity contribution in [2.45, 2.75) is 111 Å². The Kier molecular flexibility index (Phi) is 7.26. The van der Waals surface area contributed by atoms with Gasteiger partial charge < -0.3 is 9.94 Å². The monoisotopic (exact) mass is 492 g/mol. The van der Waals surface area contributed by atoms with Gasteiger partial charge in [0.2, 0.25) is 0 Å². The first-order valence-corrected chi connectivity index (χ1v) is 13.7. The molecule has 8 heteroatoms. The minimum atomic E-state index is -1.90. The molecular formula is C27H44N2O6. The molecule has 0 aromatic heterocycles. The second kappa shape index (κ2) is 9.64. The lowest BCUT2D eigenvalue weighted by Gasteiger charge is -2.61. The summed E-state index contributed by atoms with van der Waals surface area (Å²) in [4.78, 5) is 33.3. The van der Waals surface area contributed by atoms with Gasteiger partial charge in [0.1, 0.15) is 0 Å². The van der Waals surface area contributed by atoms with E-state index in [0.717, 1.165) is 30.8 Å². The largest absolute Gasteiger partial charge is 0.393 e. The van der Waals surface area contributed by atoms with Crippen LogP contribution in [0.5, 0.6) is 0 Å². The summed E-state index contributed by atoms with van der Waals surface area (Å²) in [6, 6.07) is 0. The van der Waals surface area contributed by atoms with Crippen molar-refractivity contribution in [1.82, 2.24) is 0 Å². The predicted octanol–water partition coefficient (Wildman–Crippen LogP) is 6.60. The summed E-state index contributed by atoms with van der Waals surface area (Å²) in [6.45, 7) is 11.5. The number of rotatable bonds is 9. The molecule has 0 aromatic rings. The van der Waals surface area contributed by atoms with Gasteiger partial charge in [-0.05, 0) is 86.4 Å². The van der Waals surface area contributed by atoms with E-state index in [0.29, 0.717) is 30.1 Å². The van der Waals surface area contributed by atoms with Crippen molar-refractivity contribution >= 4 is 0 Å². The highest BCUT2D eigenvalue weighted by atomic mass is 17.0. The first kappa shape index (κ1) is 26.4. The molecule has 35 heavy (non-hydrogen) atoms. The van der Waals surface area contributed by atoms with E-state index < -0.39 is 22.4 Å². The van der Waals surface area contributed by atoms with Crippen LogP contribution < -0.4 is 0 Å². The molecule has 198 valence electrons. The molecule has 3 saturated carbocycles. The molecule has 0 radical (unpaired) electrons. The maximum absolute atomic E-state index is 11.6. The summed E-state index contributed by atoms with van der Waals surface area (Å²) in [6.07, 6.45) is 10.7. The zero-order chi connectivity index (χ0) is 25.6. The van der Waals surface area contributed by atoms with Crippen LogP contribution >= 0.6 is 0 Å². The highest BCUT2D eigenvalue weighted by Crippen LogP contribution is 2.69. The van der Waals surface area contributed by atoms with Gasteiger partial charge in [-0.2, -0.15) is 0 Å². The minimum absolute atomic E-state index is 0.0739. The first-order chi connectivity index (χ1) is 16.5. The molecule has 1 unspecified atom stereocenters. The summed E-state index contributed by atoms with van der Waals surface area (Å²) in [5.41, 5.74) is 0.270. The standard InChI is InChI=1S/C27H44N2O6/c1-17(2)7-6-8-18(3)22-11-12-23-21-10-9-19-15-20(30)16-27(34-28-31,35-29(32)33)26(19,5)24(21)13-14-25(22,23)4/h9,17-18,20-24,30H,6-8,10-16H2,1-5H3/t18-,20+,21+,22-,23+,24+,25-,26+,27?/m1/s1. The van der Waals surface area contributed by atoms with Crippen LogP contribution in [0.2, 0.25) is 0 Å².